The van der Waals surface area contributed by atoms with Crippen molar-refractivity contribution >= 4 is 17.7 Å². The molecule has 3 heterocycles. The van der Waals surface area contributed by atoms with Gasteiger partial charge in [0.15, 0.2) is 0 Å². The first-order valence-corrected chi connectivity index (χ1v) is 11.5. The van der Waals surface area contributed by atoms with E-state index in [1.807, 2.05) is 16.7 Å². The number of piperidine rings is 2. The van der Waals surface area contributed by atoms with Gasteiger partial charge in [-0.1, -0.05) is 0 Å². The van der Waals surface area contributed by atoms with E-state index in [1.165, 1.54) is 57.6 Å². The maximum atomic E-state index is 12.8. The zero-order valence-electron chi connectivity index (χ0n) is 15.8. The van der Waals surface area contributed by atoms with Gasteiger partial charge >= 0.3 is 0 Å². The molecular weight excluding hydrogens is 334 g/mol. The number of nitrogens with zero attached hydrogens (tertiary/aromatic N) is 3. The summed E-state index contributed by atoms with van der Waals surface area (Å²) in [5, 5.41) is 0. The average Bonchev–Trinajstić information content (AvgIpc) is 2.69. The van der Waals surface area contributed by atoms with E-state index >= 15 is 0 Å². The molecule has 0 saturated carbocycles. The molecule has 5 nitrogen and oxygen atoms in total. The monoisotopic (exact) mass is 369 g/mol. The molecule has 3 aliphatic rings. The van der Waals surface area contributed by atoms with Crippen molar-refractivity contribution in [2.75, 3.05) is 71.0 Å². The van der Waals surface area contributed by atoms with Crippen LogP contribution in [0, 0.1) is 5.92 Å². The molecule has 3 rings (SSSR count). The van der Waals surface area contributed by atoms with Crippen LogP contribution in [0.2, 0.25) is 0 Å². The Morgan fingerprint density at radius 2 is 1.84 bits per heavy atom. The van der Waals surface area contributed by atoms with Crippen molar-refractivity contribution in [2.24, 2.45) is 5.92 Å². The Kier molecular flexibility index (Phi) is 7.90. The zero-order valence-corrected chi connectivity index (χ0v) is 16.6. The lowest BCUT2D eigenvalue weighted by Crippen LogP contribution is -2.52. The van der Waals surface area contributed by atoms with Gasteiger partial charge in [0.25, 0.3) is 0 Å². The van der Waals surface area contributed by atoms with Crippen molar-refractivity contribution in [3.05, 3.63) is 0 Å². The number of amides is 1. The molecule has 0 unspecified atom stereocenters. The Bertz CT molecular complexity index is 409. The average molecular weight is 370 g/mol. The molecule has 0 N–H and O–H groups in total. The van der Waals surface area contributed by atoms with Crippen molar-refractivity contribution in [1.29, 1.82) is 0 Å². The maximum Gasteiger partial charge on any atom is 0.227 e. The van der Waals surface area contributed by atoms with Crippen LogP contribution in [0.4, 0.5) is 0 Å². The van der Waals surface area contributed by atoms with Crippen molar-refractivity contribution in [3.63, 3.8) is 0 Å². The molecule has 0 radical (unpaired) electrons. The van der Waals surface area contributed by atoms with Crippen LogP contribution in [0.5, 0.6) is 0 Å². The van der Waals surface area contributed by atoms with E-state index in [0.29, 0.717) is 25.2 Å². The van der Waals surface area contributed by atoms with E-state index in [2.05, 4.69) is 16.1 Å². The number of thioether (sulfide) groups is 1. The summed E-state index contributed by atoms with van der Waals surface area (Å²) in [6.45, 7) is 8.86. The number of hydrogen-bond acceptors (Lipinski definition) is 5. The third kappa shape index (κ3) is 5.59. The quantitative estimate of drug-likeness (QED) is 0.667. The second-order valence-electron chi connectivity index (χ2n) is 7.69. The van der Waals surface area contributed by atoms with E-state index < -0.39 is 0 Å². The smallest absolute Gasteiger partial charge is 0.227 e. The number of morpholine rings is 1. The van der Waals surface area contributed by atoms with E-state index in [0.717, 1.165) is 26.1 Å². The number of hydrogen-bond donors (Lipinski definition) is 0. The van der Waals surface area contributed by atoms with Crippen molar-refractivity contribution in [1.82, 2.24) is 14.7 Å². The molecule has 0 aromatic rings. The van der Waals surface area contributed by atoms with Crippen LogP contribution < -0.4 is 0 Å². The Morgan fingerprint density at radius 3 is 2.56 bits per heavy atom. The molecule has 144 valence electrons. The molecular formula is C19H35N3O2S. The first kappa shape index (κ1) is 19.5. The molecule has 0 aromatic carbocycles. The second kappa shape index (κ2) is 10.1. The standard InChI is InChI=1S/C19H35N3O2S/c1-25-15-3-7-20-9-5-18(6-10-20)22-8-2-4-17(16-22)19(23)21-11-13-24-14-12-21/h17-18H,2-16H2,1H3/t17-/m0/s1. The van der Waals surface area contributed by atoms with Crippen LogP contribution in [-0.4, -0.2) is 97.7 Å². The molecule has 0 spiro atoms. The van der Waals surface area contributed by atoms with Gasteiger partial charge in [0.05, 0.1) is 19.1 Å². The van der Waals surface area contributed by atoms with Crippen LogP contribution in [0.25, 0.3) is 0 Å². The van der Waals surface area contributed by atoms with Crippen molar-refractivity contribution in [2.45, 2.75) is 38.1 Å². The summed E-state index contributed by atoms with van der Waals surface area (Å²) in [4.78, 5) is 20.1. The fraction of sp³-hybridized carbons (Fsp3) is 0.947. The van der Waals surface area contributed by atoms with Gasteiger partial charge < -0.3 is 14.5 Å². The third-order valence-electron chi connectivity index (χ3n) is 6.02. The zero-order chi connectivity index (χ0) is 17.5. The SMILES string of the molecule is CSCCCN1CCC(N2CCC[C@H](C(=O)N3CCOCC3)C2)CC1. The molecule has 1 atom stereocenters. The first-order chi connectivity index (χ1) is 12.3. The van der Waals surface area contributed by atoms with Crippen LogP contribution in [-0.2, 0) is 9.53 Å². The maximum absolute atomic E-state index is 12.8. The van der Waals surface area contributed by atoms with Gasteiger partial charge in [-0.15, -0.1) is 0 Å². The summed E-state index contributed by atoms with van der Waals surface area (Å²) in [5.41, 5.74) is 0. The molecule has 6 heteroatoms. The molecule has 0 aliphatic carbocycles. The molecule has 25 heavy (non-hydrogen) atoms. The highest BCUT2D eigenvalue weighted by Crippen LogP contribution is 2.25. The molecule has 0 aromatic heterocycles. The largest absolute Gasteiger partial charge is 0.378 e. The molecule has 1 amide bonds. The molecule has 3 saturated heterocycles. The second-order valence-corrected chi connectivity index (χ2v) is 8.68. The summed E-state index contributed by atoms with van der Waals surface area (Å²) in [7, 11) is 0. The summed E-state index contributed by atoms with van der Waals surface area (Å²) in [6, 6.07) is 0.692. The van der Waals surface area contributed by atoms with E-state index in [4.69, 9.17) is 4.74 Å². The normalized spacial score (nSPS) is 27.6. The Balaban J connectivity index is 1.43. The number of carbonyl (C=O) groups is 1. The van der Waals surface area contributed by atoms with E-state index in [9.17, 15) is 4.79 Å². The highest BCUT2D eigenvalue weighted by atomic mass is 32.2. The number of rotatable bonds is 6. The topological polar surface area (TPSA) is 36.0 Å². The summed E-state index contributed by atoms with van der Waals surface area (Å²) < 4.78 is 5.39. The van der Waals surface area contributed by atoms with Gasteiger partial charge in [-0.25, -0.2) is 0 Å². The molecule has 3 fully saturated rings. The Hall–Kier alpha value is -0.300. The van der Waals surface area contributed by atoms with Crippen LogP contribution in [0.1, 0.15) is 32.1 Å². The first-order valence-electron chi connectivity index (χ1n) is 10.1. The van der Waals surface area contributed by atoms with E-state index in [1.54, 1.807) is 0 Å². The Labute approximate surface area is 157 Å². The van der Waals surface area contributed by atoms with Crippen LogP contribution in [0.3, 0.4) is 0 Å². The van der Waals surface area contributed by atoms with Crippen LogP contribution in [0.15, 0.2) is 0 Å². The minimum atomic E-state index is 0.214. The number of ether oxygens (including phenoxy) is 1. The van der Waals surface area contributed by atoms with Gasteiger partial charge in [-0.2, -0.15) is 11.8 Å². The van der Waals surface area contributed by atoms with Crippen molar-refractivity contribution in [3.8, 4) is 0 Å². The summed E-state index contributed by atoms with van der Waals surface area (Å²) in [6.07, 6.45) is 8.30. The summed E-state index contributed by atoms with van der Waals surface area (Å²) >= 11 is 1.95. The highest BCUT2D eigenvalue weighted by Gasteiger charge is 2.33. The molecule has 3 aliphatic heterocycles. The minimum absolute atomic E-state index is 0.214. The van der Waals surface area contributed by atoms with Crippen molar-refractivity contribution < 1.29 is 9.53 Å². The fourth-order valence-corrected chi connectivity index (χ4v) is 4.94. The number of carbonyl (C=O) groups excluding carboxylic acids is 1. The summed E-state index contributed by atoms with van der Waals surface area (Å²) in [5.74, 6) is 1.87. The predicted octanol–water partition coefficient (Wildman–Crippen LogP) is 1.77. The van der Waals surface area contributed by atoms with Gasteiger partial charge in [0.2, 0.25) is 5.91 Å². The fourth-order valence-electron chi connectivity index (χ4n) is 4.52. The predicted molar refractivity (Wildman–Crippen MR) is 104 cm³/mol. The van der Waals surface area contributed by atoms with Crippen LogP contribution >= 0.6 is 11.8 Å². The minimum Gasteiger partial charge on any atom is -0.378 e. The molecule has 0 bridgehead atoms. The lowest BCUT2D eigenvalue weighted by Gasteiger charge is -2.43. The highest BCUT2D eigenvalue weighted by molar-refractivity contribution is 7.98. The Morgan fingerprint density at radius 1 is 1.08 bits per heavy atom. The lowest BCUT2D eigenvalue weighted by molar-refractivity contribution is -0.142. The van der Waals surface area contributed by atoms with Gasteiger partial charge in [0.1, 0.15) is 0 Å². The van der Waals surface area contributed by atoms with Gasteiger partial charge in [-0.3, -0.25) is 9.69 Å². The number of likely N-dealkylation sites (tertiary alicyclic amines) is 2. The van der Waals surface area contributed by atoms with Gasteiger partial charge in [0, 0.05) is 25.7 Å². The third-order valence-corrected chi connectivity index (χ3v) is 6.72. The van der Waals surface area contributed by atoms with E-state index in [-0.39, 0.29) is 5.92 Å². The lowest BCUT2D eigenvalue weighted by atomic mass is 9.92. The van der Waals surface area contributed by atoms with Gasteiger partial charge in [-0.05, 0) is 70.3 Å².